The van der Waals surface area contributed by atoms with E-state index in [4.69, 9.17) is 5.14 Å². The van der Waals surface area contributed by atoms with Crippen LogP contribution in [0.25, 0.3) is 0 Å². The minimum Gasteiger partial charge on any atom is -0.362 e. The van der Waals surface area contributed by atoms with Gasteiger partial charge in [0.15, 0.2) is 0 Å². The lowest BCUT2D eigenvalue weighted by Crippen LogP contribution is -2.32. The molecule has 0 saturated heterocycles. The second kappa shape index (κ2) is 6.86. The number of rotatable bonds is 4. The normalized spacial score (nSPS) is 14.1. The Morgan fingerprint density at radius 3 is 2.56 bits per heavy atom. The molecule has 0 fully saturated rings. The number of anilines is 2. The highest BCUT2D eigenvalue weighted by Crippen LogP contribution is 2.35. The Kier molecular flexibility index (Phi) is 4.87. The van der Waals surface area contributed by atoms with Crippen molar-refractivity contribution in [2.75, 3.05) is 23.3 Å². The Morgan fingerprint density at radius 2 is 1.89 bits per heavy atom. The van der Waals surface area contributed by atoms with Crippen molar-refractivity contribution in [1.29, 1.82) is 0 Å². The fourth-order valence-corrected chi connectivity index (χ4v) is 3.55. The first-order valence-electron chi connectivity index (χ1n) is 7.92. The zero-order valence-electron chi connectivity index (χ0n) is 14.0. The Hall–Kier alpha value is -2.59. The van der Waals surface area contributed by atoms with Gasteiger partial charge in [0.1, 0.15) is 0 Å². The third-order valence-electron chi connectivity index (χ3n) is 4.21. The van der Waals surface area contributed by atoms with E-state index in [2.05, 4.69) is 5.32 Å². The van der Waals surface area contributed by atoms with Gasteiger partial charge in [-0.3, -0.25) is 4.79 Å². The van der Waals surface area contributed by atoms with Crippen molar-refractivity contribution < 1.29 is 26.4 Å². The molecule has 3 N–H and O–H groups in total. The second-order valence-corrected chi connectivity index (χ2v) is 7.66. The highest BCUT2D eigenvalue weighted by atomic mass is 32.2. The molecule has 0 aromatic heterocycles. The van der Waals surface area contributed by atoms with Gasteiger partial charge in [-0.15, -0.1) is 0 Å². The van der Waals surface area contributed by atoms with Gasteiger partial charge in [-0.05, 0) is 42.3 Å². The van der Waals surface area contributed by atoms with Crippen LogP contribution in [-0.2, 0) is 27.4 Å². The average molecular weight is 399 g/mol. The quantitative estimate of drug-likeness (QED) is 0.826. The maximum Gasteiger partial charge on any atom is 0.418 e. The smallest absolute Gasteiger partial charge is 0.362 e. The van der Waals surface area contributed by atoms with Gasteiger partial charge >= 0.3 is 6.18 Å². The molecule has 3 rings (SSSR count). The molecule has 0 aliphatic carbocycles. The molecule has 0 atom stereocenters. The number of para-hydroxylation sites is 1. The van der Waals surface area contributed by atoms with E-state index >= 15 is 0 Å². The Labute approximate surface area is 153 Å². The number of primary sulfonamides is 1. The topological polar surface area (TPSA) is 92.5 Å². The van der Waals surface area contributed by atoms with Crippen molar-refractivity contribution in [3.63, 3.8) is 0 Å². The van der Waals surface area contributed by atoms with Gasteiger partial charge in [0.05, 0.1) is 22.7 Å². The summed E-state index contributed by atoms with van der Waals surface area (Å²) in [6, 6.07) is 9.07. The van der Waals surface area contributed by atoms with Crippen molar-refractivity contribution >= 4 is 27.3 Å². The summed E-state index contributed by atoms with van der Waals surface area (Å²) in [5.74, 6) is -0.602. The number of hydrogen-bond donors (Lipinski definition) is 2. The lowest BCUT2D eigenvalue weighted by molar-refractivity contribution is -0.137. The van der Waals surface area contributed by atoms with E-state index in [1.54, 1.807) is 11.0 Å². The van der Waals surface area contributed by atoms with Crippen molar-refractivity contribution in [3.8, 4) is 0 Å². The highest BCUT2D eigenvalue weighted by molar-refractivity contribution is 7.89. The number of benzene rings is 2. The van der Waals surface area contributed by atoms with Gasteiger partial charge in [-0.2, -0.15) is 13.2 Å². The molecule has 6 nitrogen and oxygen atoms in total. The summed E-state index contributed by atoms with van der Waals surface area (Å²) in [5, 5.41) is 7.40. The third kappa shape index (κ3) is 4.22. The molecule has 1 aliphatic heterocycles. The molecule has 0 radical (unpaired) electrons. The summed E-state index contributed by atoms with van der Waals surface area (Å²) in [5.41, 5.74) is 0.142. The Balaban J connectivity index is 1.75. The first kappa shape index (κ1) is 19.2. The maximum atomic E-state index is 13.0. The van der Waals surface area contributed by atoms with E-state index < -0.39 is 27.7 Å². The van der Waals surface area contributed by atoms with Gasteiger partial charge in [0.2, 0.25) is 15.9 Å². The number of carbonyl (C=O) groups is 1. The van der Waals surface area contributed by atoms with Gasteiger partial charge in [-0.25, -0.2) is 13.6 Å². The largest absolute Gasteiger partial charge is 0.418 e. The van der Waals surface area contributed by atoms with Crippen molar-refractivity contribution in [3.05, 3.63) is 53.6 Å². The predicted octanol–water partition coefficient (Wildman–Crippen LogP) is 2.35. The maximum absolute atomic E-state index is 13.0. The van der Waals surface area contributed by atoms with Gasteiger partial charge in [0, 0.05) is 12.2 Å². The molecule has 10 heteroatoms. The molecule has 0 spiro atoms. The summed E-state index contributed by atoms with van der Waals surface area (Å²) in [6.45, 7) is 0.283. The van der Waals surface area contributed by atoms with Crippen molar-refractivity contribution in [2.24, 2.45) is 5.14 Å². The standard InChI is InChI=1S/C17H16F3N3O3S/c18-17(19,20)13-3-1-2-4-14(13)22-16(24)10-23-8-7-11-9-12(27(21,25)26)5-6-15(11)23/h1-6,9H,7-8,10H2,(H,22,24)(H2,21,25,26). The van der Waals surface area contributed by atoms with E-state index in [-0.39, 0.29) is 17.1 Å². The number of nitrogens with one attached hydrogen (secondary N) is 1. The van der Waals surface area contributed by atoms with E-state index in [9.17, 15) is 26.4 Å². The van der Waals surface area contributed by atoms with E-state index in [1.807, 2.05) is 0 Å². The lowest BCUT2D eigenvalue weighted by atomic mass is 10.1. The van der Waals surface area contributed by atoms with Crippen LogP contribution in [0, 0.1) is 0 Å². The fourth-order valence-electron chi connectivity index (χ4n) is 2.99. The summed E-state index contributed by atoms with van der Waals surface area (Å²) in [7, 11) is -3.83. The molecule has 0 bridgehead atoms. The van der Waals surface area contributed by atoms with E-state index in [0.717, 1.165) is 6.07 Å². The zero-order valence-corrected chi connectivity index (χ0v) is 14.8. The van der Waals surface area contributed by atoms with Crippen LogP contribution in [0.3, 0.4) is 0 Å². The van der Waals surface area contributed by atoms with Gasteiger partial charge < -0.3 is 10.2 Å². The van der Waals surface area contributed by atoms with Crippen molar-refractivity contribution in [2.45, 2.75) is 17.5 Å². The number of fused-ring (bicyclic) bond motifs is 1. The molecule has 27 heavy (non-hydrogen) atoms. The van der Waals surface area contributed by atoms with Crippen LogP contribution in [0.15, 0.2) is 47.4 Å². The second-order valence-electron chi connectivity index (χ2n) is 6.10. The molecule has 1 aliphatic rings. The fraction of sp³-hybridized carbons (Fsp3) is 0.235. The molecule has 144 valence electrons. The first-order valence-corrected chi connectivity index (χ1v) is 9.47. The number of alkyl halides is 3. The van der Waals surface area contributed by atoms with Crippen molar-refractivity contribution in [1.82, 2.24) is 0 Å². The van der Waals surface area contributed by atoms with Crippen LogP contribution in [0.2, 0.25) is 0 Å². The number of nitrogens with two attached hydrogens (primary N) is 1. The van der Waals surface area contributed by atoms with Gasteiger partial charge in [0.25, 0.3) is 0 Å². The summed E-state index contributed by atoms with van der Waals surface area (Å²) >= 11 is 0. The molecule has 1 amide bonds. The molecular formula is C17H16F3N3O3S. The number of sulfonamides is 1. The molecular weight excluding hydrogens is 383 g/mol. The predicted molar refractivity (Wildman–Crippen MR) is 93.8 cm³/mol. The number of hydrogen-bond acceptors (Lipinski definition) is 4. The van der Waals surface area contributed by atoms with Crippen LogP contribution in [0.4, 0.5) is 24.5 Å². The van der Waals surface area contributed by atoms with E-state index in [1.165, 1.54) is 30.3 Å². The van der Waals surface area contributed by atoms with Crippen LogP contribution in [-0.4, -0.2) is 27.4 Å². The van der Waals surface area contributed by atoms with Gasteiger partial charge in [-0.1, -0.05) is 12.1 Å². The van der Waals surface area contributed by atoms with E-state index in [0.29, 0.717) is 24.2 Å². The zero-order chi connectivity index (χ0) is 19.8. The number of amides is 1. The summed E-state index contributed by atoms with van der Waals surface area (Å²) in [4.78, 5) is 13.9. The molecule has 0 unspecified atom stereocenters. The Morgan fingerprint density at radius 1 is 1.19 bits per heavy atom. The number of halogens is 3. The Bertz CT molecular complexity index is 990. The molecule has 2 aromatic rings. The molecule has 1 heterocycles. The SMILES string of the molecule is NS(=O)(=O)c1ccc2c(c1)CCN2CC(=O)Nc1ccccc1C(F)(F)F. The lowest BCUT2D eigenvalue weighted by Gasteiger charge is -2.20. The van der Waals surface area contributed by atoms with Crippen LogP contribution in [0.5, 0.6) is 0 Å². The molecule has 2 aromatic carbocycles. The monoisotopic (exact) mass is 399 g/mol. The summed E-state index contributed by atoms with van der Waals surface area (Å²) in [6.07, 6.45) is -4.07. The number of nitrogens with zero attached hydrogens (tertiary/aromatic N) is 1. The van der Waals surface area contributed by atoms with Crippen LogP contribution in [0.1, 0.15) is 11.1 Å². The average Bonchev–Trinajstić information content (AvgIpc) is 2.96. The van der Waals surface area contributed by atoms with Crippen LogP contribution >= 0.6 is 0 Å². The van der Waals surface area contributed by atoms with Crippen LogP contribution < -0.4 is 15.4 Å². The summed E-state index contributed by atoms with van der Waals surface area (Å²) < 4.78 is 61.9. The highest BCUT2D eigenvalue weighted by Gasteiger charge is 2.33. The minimum absolute atomic E-state index is 0.0216. The number of carbonyl (C=O) groups excluding carboxylic acids is 1. The minimum atomic E-state index is -4.58. The first-order chi connectivity index (χ1) is 12.6. The molecule has 0 saturated carbocycles. The third-order valence-corrected chi connectivity index (χ3v) is 5.12.